The number of ether oxygens (including phenoxy) is 2. The minimum Gasteiger partial charge on any atom is -0.454 e. The van der Waals surface area contributed by atoms with E-state index in [1.165, 1.54) is 12.8 Å². The van der Waals surface area contributed by atoms with Gasteiger partial charge in [-0.3, -0.25) is 0 Å². The molecule has 0 spiro atoms. The van der Waals surface area contributed by atoms with Crippen molar-refractivity contribution in [3.05, 3.63) is 30.0 Å². The summed E-state index contributed by atoms with van der Waals surface area (Å²) in [5, 5.41) is 6.61. The van der Waals surface area contributed by atoms with Gasteiger partial charge in [-0.2, -0.15) is 4.98 Å². The number of aryl methyl sites for hydroxylation is 1. The van der Waals surface area contributed by atoms with E-state index >= 15 is 0 Å². The molecule has 0 unspecified atom stereocenters. The van der Waals surface area contributed by atoms with Crippen LogP contribution in [0.2, 0.25) is 0 Å². The molecule has 2 aromatic rings. The molecule has 0 amide bonds. The molecule has 4 rings (SSSR count). The zero-order valence-corrected chi connectivity index (χ0v) is 12.4. The van der Waals surface area contributed by atoms with Crippen LogP contribution in [0, 0.1) is 12.8 Å². The molecule has 2 aliphatic rings. The summed E-state index contributed by atoms with van der Waals surface area (Å²) in [4.78, 5) is 8.89. The minimum absolute atomic E-state index is 0.273. The highest BCUT2D eigenvalue weighted by Crippen LogP contribution is 2.35. The first-order valence-electron chi connectivity index (χ1n) is 7.52. The maximum Gasteiger partial charge on any atom is 0.231 e. The molecule has 0 bridgehead atoms. The lowest BCUT2D eigenvalue weighted by Gasteiger charge is -2.11. The van der Waals surface area contributed by atoms with Crippen molar-refractivity contribution in [2.45, 2.75) is 19.8 Å². The van der Waals surface area contributed by atoms with Crippen LogP contribution in [0.1, 0.15) is 18.4 Å². The highest BCUT2D eigenvalue weighted by molar-refractivity contribution is 5.61. The molecular weight excluding hydrogens is 280 g/mol. The highest BCUT2D eigenvalue weighted by Gasteiger charge is 2.21. The molecule has 0 radical (unpaired) electrons. The molecule has 1 aliphatic carbocycles. The quantitative estimate of drug-likeness (QED) is 0.884. The fourth-order valence-corrected chi connectivity index (χ4v) is 2.35. The number of hydrogen-bond acceptors (Lipinski definition) is 6. The van der Waals surface area contributed by atoms with E-state index in [2.05, 4.69) is 20.6 Å². The summed E-state index contributed by atoms with van der Waals surface area (Å²) in [5.41, 5.74) is 1.93. The van der Waals surface area contributed by atoms with E-state index in [1.807, 2.05) is 31.3 Å². The van der Waals surface area contributed by atoms with Crippen molar-refractivity contribution in [3.63, 3.8) is 0 Å². The maximum absolute atomic E-state index is 5.38. The molecule has 1 aromatic heterocycles. The first-order valence-corrected chi connectivity index (χ1v) is 7.52. The van der Waals surface area contributed by atoms with E-state index in [0.717, 1.165) is 41.0 Å². The molecule has 1 fully saturated rings. The molecule has 1 aliphatic heterocycles. The number of nitrogens with one attached hydrogen (secondary N) is 2. The lowest BCUT2D eigenvalue weighted by Crippen LogP contribution is -2.08. The Morgan fingerprint density at radius 1 is 1.23 bits per heavy atom. The van der Waals surface area contributed by atoms with Crippen LogP contribution in [0.5, 0.6) is 11.5 Å². The third-order valence-electron chi connectivity index (χ3n) is 3.86. The van der Waals surface area contributed by atoms with Gasteiger partial charge < -0.3 is 20.1 Å². The minimum atomic E-state index is 0.273. The topological polar surface area (TPSA) is 68.3 Å². The van der Waals surface area contributed by atoms with E-state index in [0.29, 0.717) is 5.95 Å². The van der Waals surface area contributed by atoms with Crippen LogP contribution >= 0.6 is 0 Å². The van der Waals surface area contributed by atoms with Crippen molar-refractivity contribution in [2.75, 3.05) is 24.0 Å². The Morgan fingerprint density at radius 2 is 2.09 bits per heavy atom. The SMILES string of the molecule is Cc1cnc(Nc2ccc3c(c2)OCO3)nc1NCC1CC1. The van der Waals surface area contributed by atoms with Gasteiger partial charge in [0, 0.05) is 30.1 Å². The average Bonchev–Trinajstić information content (AvgIpc) is 3.24. The molecular formula is C16H18N4O2. The largest absolute Gasteiger partial charge is 0.454 e. The van der Waals surface area contributed by atoms with Gasteiger partial charge in [0.15, 0.2) is 11.5 Å². The van der Waals surface area contributed by atoms with Gasteiger partial charge in [-0.05, 0) is 37.8 Å². The molecule has 0 atom stereocenters. The van der Waals surface area contributed by atoms with E-state index < -0.39 is 0 Å². The van der Waals surface area contributed by atoms with Gasteiger partial charge >= 0.3 is 0 Å². The summed E-state index contributed by atoms with van der Waals surface area (Å²) >= 11 is 0. The van der Waals surface area contributed by atoms with Crippen LogP contribution in [0.4, 0.5) is 17.5 Å². The summed E-state index contributed by atoms with van der Waals surface area (Å²) in [5.74, 6) is 3.78. The maximum atomic E-state index is 5.38. The van der Waals surface area contributed by atoms with Gasteiger partial charge in [-0.15, -0.1) is 0 Å². The summed E-state index contributed by atoms with van der Waals surface area (Å²) < 4.78 is 10.7. The average molecular weight is 298 g/mol. The Kier molecular flexibility index (Phi) is 3.21. The fourth-order valence-electron chi connectivity index (χ4n) is 2.35. The second-order valence-corrected chi connectivity index (χ2v) is 5.74. The van der Waals surface area contributed by atoms with Crippen molar-refractivity contribution in [3.8, 4) is 11.5 Å². The lowest BCUT2D eigenvalue weighted by molar-refractivity contribution is 0.174. The zero-order chi connectivity index (χ0) is 14.9. The molecule has 6 heteroatoms. The van der Waals surface area contributed by atoms with Gasteiger partial charge in [-0.1, -0.05) is 0 Å². The third kappa shape index (κ3) is 2.77. The Morgan fingerprint density at radius 3 is 2.95 bits per heavy atom. The molecule has 2 heterocycles. The smallest absolute Gasteiger partial charge is 0.231 e. The molecule has 6 nitrogen and oxygen atoms in total. The van der Waals surface area contributed by atoms with E-state index in [1.54, 1.807) is 0 Å². The summed E-state index contributed by atoms with van der Waals surface area (Å²) in [6, 6.07) is 5.70. The van der Waals surface area contributed by atoms with Gasteiger partial charge in [-0.25, -0.2) is 4.98 Å². The van der Waals surface area contributed by atoms with Crippen molar-refractivity contribution < 1.29 is 9.47 Å². The van der Waals surface area contributed by atoms with Crippen LogP contribution in [0.3, 0.4) is 0 Å². The molecule has 1 aromatic carbocycles. The Hall–Kier alpha value is -2.50. The predicted molar refractivity (Wildman–Crippen MR) is 83.8 cm³/mol. The van der Waals surface area contributed by atoms with E-state index in [-0.39, 0.29) is 6.79 Å². The Bertz CT molecular complexity index is 701. The zero-order valence-electron chi connectivity index (χ0n) is 12.4. The molecule has 0 saturated heterocycles. The van der Waals surface area contributed by atoms with Crippen LogP contribution < -0.4 is 20.1 Å². The number of hydrogen-bond donors (Lipinski definition) is 2. The van der Waals surface area contributed by atoms with Crippen molar-refractivity contribution >= 4 is 17.5 Å². The van der Waals surface area contributed by atoms with Crippen molar-refractivity contribution in [1.82, 2.24) is 9.97 Å². The van der Waals surface area contributed by atoms with Gasteiger partial charge in [0.2, 0.25) is 12.7 Å². The number of nitrogens with zero attached hydrogens (tertiary/aromatic N) is 2. The van der Waals surface area contributed by atoms with E-state index in [4.69, 9.17) is 9.47 Å². The Balaban J connectivity index is 1.50. The van der Waals surface area contributed by atoms with Gasteiger partial charge in [0.1, 0.15) is 5.82 Å². The number of rotatable bonds is 5. The summed E-state index contributed by atoms with van der Waals surface area (Å²) in [6.07, 6.45) is 4.47. The first-order chi connectivity index (χ1) is 10.8. The normalized spacial score (nSPS) is 15.7. The highest BCUT2D eigenvalue weighted by atomic mass is 16.7. The number of fused-ring (bicyclic) bond motifs is 1. The molecule has 2 N–H and O–H groups in total. The Labute approximate surface area is 128 Å². The molecule has 22 heavy (non-hydrogen) atoms. The van der Waals surface area contributed by atoms with Crippen LogP contribution in [-0.2, 0) is 0 Å². The molecule has 1 saturated carbocycles. The second-order valence-electron chi connectivity index (χ2n) is 5.74. The van der Waals surface area contributed by atoms with Crippen molar-refractivity contribution in [1.29, 1.82) is 0 Å². The lowest BCUT2D eigenvalue weighted by atomic mass is 10.3. The third-order valence-corrected chi connectivity index (χ3v) is 3.86. The first kappa shape index (κ1) is 13.2. The standard InChI is InChI=1S/C16H18N4O2/c1-10-7-18-16(20-15(10)17-8-11-2-3-11)19-12-4-5-13-14(6-12)22-9-21-13/h4-7,11H,2-3,8-9H2,1H3,(H2,17,18,19,20). The number of benzene rings is 1. The van der Waals surface area contributed by atoms with Gasteiger partial charge in [0.05, 0.1) is 0 Å². The number of anilines is 3. The fraction of sp³-hybridized carbons (Fsp3) is 0.375. The van der Waals surface area contributed by atoms with Crippen molar-refractivity contribution in [2.24, 2.45) is 5.92 Å². The van der Waals surface area contributed by atoms with Crippen LogP contribution in [-0.4, -0.2) is 23.3 Å². The number of aromatic nitrogens is 2. The van der Waals surface area contributed by atoms with Crippen LogP contribution in [0.15, 0.2) is 24.4 Å². The molecule has 114 valence electrons. The van der Waals surface area contributed by atoms with E-state index in [9.17, 15) is 0 Å². The predicted octanol–water partition coefficient (Wildman–Crippen LogP) is 3.08. The van der Waals surface area contributed by atoms with Gasteiger partial charge in [0.25, 0.3) is 0 Å². The monoisotopic (exact) mass is 298 g/mol. The summed E-state index contributed by atoms with van der Waals surface area (Å²) in [7, 11) is 0. The van der Waals surface area contributed by atoms with Crippen LogP contribution in [0.25, 0.3) is 0 Å². The summed E-state index contributed by atoms with van der Waals surface area (Å²) in [6.45, 7) is 3.27. The second kappa shape index (κ2) is 5.36.